The van der Waals surface area contributed by atoms with Crippen LogP contribution in [0, 0.1) is 0 Å². The van der Waals surface area contributed by atoms with Crippen LogP contribution in [0.15, 0.2) is 48.9 Å². The molecular formula is C18H19N3O3. The molecule has 1 aromatic carbocycles. The fourth-order valence-corrected chi connectivity index (χ4v) is 2.61. The number of hydrogen-bond donors (Lipinski definition) is 1. The number of amides is 1. The summed E-state index contributed by atoms with van der Waals surface area (Å²) in [7, 11) is 3.25. The van der Waals surface area contributed by atoms with Crippen molar-refractivity contribution in [2.75, 3.05) is 20.8 Å². The quantitative estimate of drug-likeness (QED) is 0.755. The maximum absolute atomic E-state index is 12.4. The van der Waals surface area contributed by atoms with Gasteiger partial charge in [-0.3, -0.25) is 4.79 Å². The zero-order valence-electron chi connectivity index (χ0n) is 13.7. The van der Waals surface area contributed by atoms with Crippen molar-refractivity contribution < 1.29 is 14.3 Å². The van der Waals surface area contributed by atoms with Gasteiger partial charge in [-0.25, -0.2) is 4.98 Å². The Morgan fingerprint density at radius 3 is 2.88 bits per heavy atom. The highest BCUT2D eigenvalue weighted by atomic mass is 16.5. The Bertz CT molecular complexity index is 858. The predicted molar refractivity (Wildman–Crippen MR) is 90.8 cm³/mol. The third-order valence-corrected chi connectivity index (χ3v) is 3.83. The molecule has 0 bridgehead atoms. The summed E-state index contributed by atoms with van der Waals surface area (Å²) in [5, 5.41) is 2.93. The molecule has 3 rings (SSSR count). The molecule has 0 atom stereocenters. The van der Waals surface area contributed by atoms with Crippen LogP contribution in [0.1, 0.15) is 15.9 Å². The molecule has 1 N–H and O–H groups in total. The van der Waals surface area contributed by atoms with Gasteiger partial charge >= 0.3 is 0 Å². The van der Waals surface area contributed by atoms with Gasteiger partial charge in [-0.1, -0.05) is 0 Å². The van der Waals surface area contributed by atoms with Crippen LogP contribution in [0.3, 0.4) is 0 Å². The minimum atomic E-state index is -0.145. The molecule has 0 aliphatic carbocycles. The standard InChI is InChI=1S/C18H19N3O3/c1-23-14-5-6-16(24-2)13(12-14)7-8-20-18(22)15-4-3-10-21-11-9-19-17(15)21/h3-6,9-12H,7-8H2,1-2H3,(H,20,22). The Morgan fingerprint density at radius 1 is 1.21 bits per heavy atom. The number of pyridine rings is 1. The smallest absolute Gasteiger partial charge is 0.255 e. The van der Waals surface area contributed by atoms with E-state index in [1.165, 1.54) is 0 Å². The third kappa shape index (κ3) is 3.17. The molecule has 0 unspecified atom stereocenters. The molecule has 0 aliphatic heterocycles. The van der Waals surface area contributed by atoms with Crippen LogP contribution in [0.5, 0.6) is 11.5 Å². The summed E-state index contributed by atoms with van der Waals surface area (Å²) < 4.78 is 12.4. The topological polar surface area (TPSA) is 64.9 Å². The highest BCUT2D eigenvalue weighted by molar-refractivity contribution is 5.99. The fourth-order valence-electron chi connectivity index (χ4n) is 2.61. The van der Waals surface area contributed by atoms with Gasteiger partial charge in [-0.05, 0) is 42.3 Å². The minimum Gasteiger partial charge on any atom is -0.497 e. The Labute approximate surface area is 140 Å². The van der Waals surface area contributed by atoms with Crippen molar-refractivity contribution in [1.82, 2.24) is 14.7 Å². The highest BCUT2D eigenvalue weighted by Crippen LogP contribution is 2.24. The van der Waals surface area contributed by atoms with Crippen molar-refractivity contribution in [1.29, 1.82) is 0 Å². The summed E-state index contributed by atoms with van der Waals surface area (Å²) >= 11 is 0. The lowest BCUT2D eigenvalue weighted by Crippen LogP contribution is -2.26. The molecule has 0 saturated carbocycles. The van der Waals surface area contributed by atoms with Crippen LogP contribution < -0.4 is 14.8 Å². The first-order valence-corrected chi connectivity index (χ1v) is 7.63. The van der Waals surface area contributed by atoms with Gasteiger partial charge in [0, 0.05) is 25.1 Å². The van der Waals surface area contributed by atoms with Crippen molar-refractivity contribution in [3.8, 4) is 11.5 Å². The van der Waals surface area contributed by atoms with Crippen LogP contribution in [0.25, 0.3) is 5.65 Å². The van der Waals surface area contributed by atoms with Crippen molar-refractivity contribution >= 4 is 11.6 Å². The Balaban J connectivity index is 1.68. The number of ether oxygens (including phenoxy) is 2. The molecule has 6 heteroatoms. The maximum Gasteiger partial charge on any atom is 0.255 e. The summed E-state index contributed by atoms with van der Waals surface area (Å²) in [6.07, 6.45) is 5.99. The monoisotopic (exact) mass is 325 g/mol. The molecule has 2 heterocycles. The lowest BCUT2D eigenvalue weighted by Gasteiger charge is -2.11. The molecule has 24 heavy (non-hydrogen) atoms. The van der Waals surface area contributed by atoms with Gasteiger partial charge in [0.2, 0.25) is 0 Å². The van der Waals surface area contributed by atoms with E-state index >= 15 is 0 Å². The van der Waals surface area contributed by atoms with E-state index in [9.17, 15) is 4.79 Å². The van der Waals surface area contributed by atoms with E-state index in [0.717, 1.165) is 17.1 Å². The maximum atomic E-state index is 12.4. The van der Waals surface area contributed by atoms with Gasteiger partial charge in [0.05, 0.1) is 19.8 Å². The average molecular weight is 325 g/mol. The first-order valence-electron chi connectivity index (χ1n) is 7.63. The number of methoxy groups -OCH3 is 2. The summed E-state index contributed by atoms with van der Waals surface area (Å²) in [6.45, 7) is 0.490. The number of carbonyl (C=O) groups excluding carboxylic acids is 1. The van der Waals surface area contributed by atoms with Crippen molar-refractivity contribution in [2.45, 2.75) is 6.42 Å². The number of fused-ring (bicyclic) bond motifs is 1. The molecule has 0 radical (unpaired) electrons. The van der Waals surface area contributed by atoms with Crippen molar-refractivity contribution in [3.63, 3.8) is 0 Å². The average Bonchev–Trinajstić information content (AvgIpc) is 3.10. The SMILES string of the molecule is COc1ccc(OC)c(CCNC(=O)c2cccn3ccnc23)c1. The number of nitrogens with one attached hydrogen (secondary N) is 1. The Morgan fingerprint density at radius 2 is 2.08 bits per heavy atom. The number of benzene rings is 1. The second kappa shape index (κ2) is 7.04. The number of rotatable bonds is 6. The molecule has 0 fully saturated rings. The number of aromatic nitrogens is 2. The van der Waals surface area contributed by atoms with E-state index in [0.29, 0.717) is 24.2 Å². The van der Waals surface area contributed by atoms with E-state index in [4.69, 9.17) is 9.47 Å². The zero-order chi connectivity index (χ0) is 16.9. The fraction of sp³-hybridized carbons (Fsp3) is 0.222. The molecule has 2 aromatic heterocycles. The van der Waals surface area contributed by atoms with E-state index in [1.807, 2.05) is 41.1 Å². The van der Waals surface area contributed by atoms with Gasteiger partial charge in [0.15, 0.2) is 0 Å². The van der Waals surface area contributed by atoms with Crippen molar-refractivity contribution in [2.24, 2.45) is 0 Å². The molecule has 3 aromatic rings. The molecule has 0 aliphatic rings. The summed E-state index contributed by atoms with van der Waals surface area (Å²) in [5.74, 6) is 1.40. The molecular weight excluding hydrogens is 306 g/mol. The zero-order valence-corrected chi connectivity index (χ0v) is 13.7. The van der Waals surface area contributed by atoms with Crippen LogP contribution in [-0.2, 0) is 6.42 Å². The Hall–Kier alpha value is -3.02. The molecule has 124 valence electrons. The number of carbonyl (C=O) groups is 1. The lowest BCUT2D eigenvalue weighted by atomic mass is 10.1. The van der Waals surface area contributed by atoms with Crippen LogP contribution in [-0.4, -0.2) is 36.1 Å². The van der Waals surface area contributed by atoms with Gasteiger partial charge < -0.3 is 19.2 Å². The van der Waals surface area contributed by atoms with Gasteiger partial charge in [0.1, 0.15) is 17.1 Å². The number of imidazole rings is 1. The third-order valence-electron chi connectivity index (χ3n) is 3.83. The Kier molecular flexibility index (Phi) is 4.65. The first-order chi connectivity index (χ1) is 11.7. The molecule has 1 amide bonds. The van der Waals surface area contributed by atoms with E-state index < -0.39 is 0 Å². The van der Waals surface area contributed by atoms with Crippen LogP contribution in [0.2, 0.25) is 0 Å². The summed E-state index contributed by atoms with van der Waals surface area (Å²) in [6, 6.07) is 9.22. The van der Waals surface area contributed by atoms with Crippen LogP contribution in [0.4, 0.5) is 0 Å². The van der Waals surface area contributed by atoms with Crippen LogP contribution >= 0.6 is 0 Å². The predicted octanol–water partition coefficient (Wildman–Crippen LogP) is 2.32. The van der Waals surface area contributed by atoms with Gasteiger partial charge in [0.25, 0.3) is 5.91 Å². The largest absolute Gasteiger partial charge is 0.497 e. The van der Waals surface area contributed by atoms with Gasteiger partial charge in [-0.2, -0.15) is 0 Å². The van der Waals surface area contributed by atoms with E-state index in [-0.39, 0.29) is 5.91 Å². The first kappa shape index (κ1) is 15.9. The van der Waals surface area contributed by atoms with E-state index in [1.54, 1.807) is 26.5 Å². The van der Waals surface area contributed by atoms with Crippen molar-refractivity contribution in [3.05, 3.63) is 60.0 Å². The molecule has 0 saturated heterocycles. The second-order valence-corrected chi connectivity index (χ2v) is 5.26. The molecule has 6 nitrogen and oxygen atoms in total. The van der Waals surface area contributed by atoms with Gasteiger partial charge in [-0.15, -0.1) is 0 Å². The minimum absolute atomic E-state index is 0.145. The number of nitrogens with zero attached hydrogens (tertiary/aromatic N) is 2. The summed E-state index contributed by atoms with van der Waals surface area (Å²) in [4.78, 5) is 16.6. The van der Waals surface area contributed by atoms with E-state index in [2.05, 4.69) is 10.3 Å². The normalized spacial score (nSPS) is 10.6. The highest BCUT2D eigenvalue weighted by Gasteiger charge is 2.11. The number of hydrogen-bond acceptors (Lipinski definition) is 4. The second-order valence-electron chi connectivity index (χ2n) is 5.26. The molecule has 0 spiro atoms. The summed E-state index contributed by atoms with van der Waals surface area (Å²) in [5.41, 5.74) is 2.19. The lowest BCUT2D eigenvalue weighted by molar-refractivity contribution is 0.0955.